The first kappa shape index (κ1) is 21.1. The highest BCUT2D eigenvalue weighted by atomic mass is 16.2. The molecule has 3 aliphatic rings. The van der Waals surface area contributed by atoms with E-state index in [-0.39, 0.29) is 18.1 Å². The van der Waals surface area contributed by atoms with E-state index in [1.165, 1.54) is 24.1 Å². The summed E-state index contributed by atoms with van der Waals surface area (Å²) in [4.78, 5) is 40.9. The Labute approximate surface area is 182 Å². The highest BCUT2D eigenvalue weighted by Crippen LogP contribution is 2.42. The molecule has 0 bridgehead atoms. The Kier molecular flexibility index (Phi) is 6.05. The van der Waals surface area contributed by atoms with Crippen LogP contribution in [0.5, 0.6) is 0 Å². The highest BCUT2D eigenvalue weighted by molar-refractivity contribution is 6.04. The van der Waals surface area contributed by atoms with E-state index in [1.807, 2.05) is 11.9 Å². The Morgan fingerprint density at radius 2 is 1.77 bits per heavy atom. The number of carbonyl (C=O) groups excluding carboxylic acids is 3. The number of carbonyl (C=O) groups is 1. The lowest BCUT2D eigenvalue weighted by Crippen LogP contribution is -2.55. The maximum absolute atomic E-state index is 13.0. The zero-order valence-electron chi connectivity index (χ0n) is 18.1. The molecule has 1 amide bonds. The largest absolute Gasteiger partial charge is 0.373 e. The minimum absolute atomic E-state index is 0.103. The molecule has 0 unspecified atom stereocenters. The molecule has 7 heteroatoms. The molecule has 0 saturated heterocycles. The molecule has 0 radical (unpaired) electrons. The average molecular weight is 421 g/mol. The van der Waals surface area contributed by atoms with E-state index in [9.17, 15) is 4.79 Å². The van der Waals surface area contributed by atoms with Crippen molar-refractivity contribution in [3.8, 4) is 0 Å². The first-order chi connectivity index (χ1) is 15.1. The Morgan fingerprint density at radius 3 is 2.48 bits per heavy atom. The molecule has 31 heavy (non-hydrogen) atoms. The average Bonchev–Trinajstić information content (AvgIpc) is 3.46. The van der Waals surface area contributed by atoms with Crippen LogP contribution in [0.1, 0.15) is 44.6 Å². The Bertz CT molecular complexity index is 996. The van der Waals surface area contributed by atoms with Crippen LogP contribution < -0.4 is 14.7 Å². The van der Waals surface area contributed by atoms with Crippen molar-refractivity contribution in [1.82, 2.24) is 4.98 Å². The molecular formula is C24H28N4O3. The van der Waals surface area contributed by atoms with Gasteiger partial charge in [0.1, 0.15) is 11.9 Å². The molecule has 2 aliphatic heterocycles. The van der Waals surface area contributed by atoms with E-state index in [0.717, 1.165) is 49.6 Å². The van der Waals surface area contributed by atoms with E-state index >= 15 is 0 Å². The predicted molar refractivity (Wildman–Crippen MR) is 119 cm³/mol. The fourth-order valence-corrected chi connectivity index (χ4v) is 5.20. The lowest BCUT2D eigenvalue weighted by atomic mass is 10.0. The van der Waals surface area contributed by atoms with Gasteiger partial charge < -0.3 is 14.7 Å². The maximum atomic E-state index is 13.0. The molecule has 0 N–H and O–H groups in total. The first-order valence-corrected chi connectivity index (χ1v) is 11.0. The van der Waals surface area contributed by atoms with Crippen LogP contribution in [-0.2, 0) is 20.8 Å². The number of fused-ring (bicyclic) bond motifs is 2. The third kappa shape index (κ3) is 3.70. The van der Waals surface area contributed by atoms with Crippen LogP contribution in [0.4, 0.5) is 23.0 Å². The second-order valence-corrected chi connectivity index (χ2v) is 8.29. The zero-order valence-corrected chi connectivity index (χ0v) is 18.1. The number of benzene rings is 1. The summed E-state index contributed by atoms with van der Waals surface area (Å²) in [5, 5.41) is 0. The predicted octanol–water partition coefficient (Wildman–Crippen LogP) is 3.70. The van der Waals surface area contributed by atoms with Crippen molar-refractivity contribution in [3.63, 3.8) is 0 Å². The van der Waals surface area contributed by atoms with Crippen molar-refractivity contribution in [3.05, 3.63) is 42.0 Å². The molecule has 5 rings (SSSR count). The van der Waals surface area contributed by atoms with E-state index in [4.69, 9.17) is 14.6 Å². The zero-order chi connectivity index (χ0) is 22.0. The maximum Gasteiger partial charge on any atom is 0.373 e. The number of hydrogen-bond donors (Lipinski definition) is 0. The van der Waals surface area contributed by atoms with Crippen LogP contribution in [0.2, 0.25) is 0 Å². The summed E-state index contributed by atoms with van der Waals surface area (Å²) >= 11 is 0. The molecule has 7 nitrogen and oxygen atoms in total. The molecule has 1 aromatic carbocycles. The fourth-order valence-electron chi connectivity index (χ4n) is 5.20. The van der Waals surface area contributed by atoms with Gasteiger partial charge in [-0.15, -0.1) is 0 Å². The van der Waals surface area contributed by atoms with Crippen molar-refractivity contribution in [2.75, 3.05) is 28.3 Å². The van der Waals surface area contributed by atoms with Gasteiger partial charge in [-0.3, -0.25) is 4.79 Å². The number of aromatic nitrogens is 1. The van der Waals surface area contributed by atoms with Crippen molar-refractivity contribution in [2.45, 2.75) is 57.5 Å². The van der Waals surface area contributed by atoms with Crippen molar-refractivity contribution in [1.29, 1.82) is 0 Å². The van der Waals surface area contributed by atoms with Crippen molar-refractivity contribution < 1.29 is 14.4 Å². The summed E-state index contributed by atoms with van der Waals surface area (Å²) in [5.41, 5.74) is 3.58. The third-order valence-corrected chi connectivity index (χ3v) is 6.67. The summed E-state index contributed by atoms with van der Waals surface area (Å²) in [6.07, 6.45) is 6.93. The number of likely N-dealkylation sites (N-methyl/N-ethyl adjacent to an activating group) is 1. The summed E-state index contributed by atoms with van der Waals surface area (Å²) in [5.74, 6) is 2.18. The quantitative estimate of drug-likeness (QED) is 0.754. The van der Waals surface area contributed by atoms with E-state index in [2.05, 4.69) is 53.1 Å². The van der Waals surface area contributed by atoms with Crippen LogP contribution in [0.3, 0.4) is 0 Å². The SMILES string of the molecule is CC[C@@H]1C(=O)N(C)c2ccc(N3CCc4ccccc43)nc2N1C1CCCC1.O=C=O. The van der Waals surface area contributed by atoms with Crippen LogP contribution in [0.15, 0.2) is 36.4 Å². The molecule has 1 saturated carbocycles. The molecule has 2 aromatic rings. The Balaban J connectivity index is 0.000000730. The molecule has 1 atom stereocenters. The Morgan fingerprint density at radius 1 is 1.06 bits per heavy atom. The molecule has 1 fully saturated rings. The summed E-state index contributed by atoms with van der Waals surface area (Å²) in [6.45, 7) is 3.07. The third-order valence-electron chi connectivity index (χ3n) is 6.67. The molecule has 1 aliphatic carbocycles. The smallest absolute Gasteiger partial charge is 0.340 e. The van der Waals surface area contributed by atoms with Crippen LogP contribution in [0, 0.1) is 0 Å². The van der Waals surface area contributed by atoms with E-state index in [0.29, 0.717) is 6.04 Å². The molecule has 3 heterocycles. The minimum atomic E-state index is -0.103. The van der Waals surface area contributed by atoms with Gasteiger partial charge >= 0.3 is 6.15 Å². The van der Waals surface area contributed by atoms with Gasteiger partial charge in [0.25, 0.3) is 0 Å². The molecule has 162 valence electrons. The second kappa shape index (κ2) is 8.90. The van der Waals surface area contributed by atoms with E-state index in [1.54, 1.807) is 0 Å². The van der Waals surface area contributed by atoms with Gasteiger partial charge in [0.2, 0.25) is 5.91 Å². The number of para-hydroxylation sites is 1. The van der Waals surface area contributed by atoms with Gasteiger partial charge in [0, 0.05) is 25.3 Å². The molecular weight excluding hydrogens is 392 g/mol. The number of hydrogen-bond acceptors (Lipinski definition) is 6. The second-order valence-electron chi connectivity index (χ2n) is 8.29. The van der Waals surface area contributed by atoms with E-state index < -0.39 is 0 Å². The summed E-state index contributed by atoms with van der Waals surface area (Å²) in [6, 6.07) is 13.1. The van der Waals surface area contributed by atoms with Gasteiger partial charge in [-0.25, -0.2) is 4.98 Å². The number of pyridine rings is 1. The number of anilines is 4. The topological polar surface area (TPSA) is 73.8 Å². The lowest BCUT2D eigenvalue weighted by Gasteiger charge is -2.44. The molecule has 0 spiro atoms. The van der Waals surface area contributed by atoms with Gasteiger partial charge in [0.05, 0.1) is 5.69 Å². The van der Waals surface area contributed by atoms with Crippen molar-refractivity contribution in [2.24, 2.45) is 0 Å². The normalized spacial score (nSPS) is 20.1. The van der Waals surface area contributed by atoms with Gasteiger partial charge in [-0.05, 0) is 49.4 Å². The van der Waals surface area contributed by atoms with Gasteiger partial charge in [-0.2, -0.15) is 9.59 Å². The van der Waals surface area contributed by atoms with Gasteiger partial charge in [0.15, 0.2) is 5.82 Å². The summed E-state index contributed by atoms with van der Waals surface area (Å²) in [7, 11) is 1.89. The number of amides is 1. The van der Waals surface area contributed by atoms with Crippen molar-refractivity contribution >= 4 is 35.1 Å². The van der Waals surface area contributed by atoms with Gasteiger partial charge in [-0.1, -0.05) is 38.0 Å². The lowest BCUT2D eigenvalue weighted by molar-refractivity contribution is -0.191. The number of rotatable bonds is 3. The number of nitrogens with zero attached hydrogens (tertiary/aromatic N) is 4. The van der Waals surface area contributed by atoms with Crippen LogP contribution in [0.25, 0.3) is 0 Å². The standard InChI is InChI=1S/C23H28N4O.CO2/c1-3-18-23(28)25(2)20-12-13-21(24-22(20)27(18)17-9-5-6-10-17)26-15-14-16-8-4-7-11-19(16)26;2-1-3/h4,7-8,11-13,17-18H,3,5-6,9-10,14-15H2,1-2H3;/t18-;/m1./s1. The highest BCUT2D eigenvalue weighted by Gasteiger charge is 2.41. The van der Waals surface area contributed by atoms with Crippen LogP contribution in [-0.4, -0.2) is 42.7 Å². The minimum Gasteiger partial charge on any atom is -0.340 e. The van der Waals surface area contributed by atoms with Crippen LogP contribution >= 0.6 is 0 Å². The fraction of sp³-hybridized carbons (Fsp3) is 0.458. The molecule has 1 aromatic heterocycles. The summed E-state index contributed by atoms with van der Waals surface area (Å²) < 4.78 is 0. The first-order valence-electron chi connectivity index (χ1n) is 11.0. The Hall–Kier alpha value is -3.18. The monoisotopic (exact) mass is 420 g/mol.